The number of anilines is 2. The van der Waals surface area contributed by atoms with E-state index in [-0.39, 0.29) is 23.8 Å². The summed E-state index contributed by atoms with van der Waals surface area (Å²) in [5, 5.41) is 8.34. The Labute approximate surface area is 261 Å². The number of benzene rings is 1. The molecule has 43 heavy (non-hydrogen) atoms. The zero-order valence-electron chi connectivity index (χ0n) is 24.8. The Morgan fingerprint density at radius 1 is 1.14 bits per heavy atom. The molecule has 0 saturated carbocycles. The van der Waals surface area contributed by atoms with Crippen LogP contribution in [0.25, 0.3) is 22.2 Å². The molecule has 0 radical (unpaired) electrons. The van der Waals surface area contributed by atoms with E-state index >= 15 is 0 Å². The van der Waals surface area contributed by atoms with Crippen molar-refractivity contribution >= 4 is 51.7 Å². The van der Waals surface area contributed by atoms with Crippen LogP contribution in [-0.4, -0.2) is 110 Å². The van der Waals surface area contributed by atoms with Crippen molar-refractivity contribution in [2.45, 2.75) is 18.5 Å². The third kappa shape index (κ3) is 6.97. The first-order chi connectivity index (χ1) is 20.7. The summed E-state index contributed by atoms with van der Waals surface area (Å²) in [6, 6.07) is 3.56. The minimum absolute atomic E-state index is 0.00551. The molecule has 2 saturated heterocycles. The molecule has 2 aliphatic rings. The molecule has 5 rings (SSSR count). The fourth-order valence-corrected chi connectivity index (χ4v) is 6.02. The summed E-state index contributed by atoms with van der Waals surface area (Å²) in [6.45, 7) is 8.21. The minimum Gasteiger partial charge on any atom is -0.495 e. The summed E-state index contributed by atoms with van der Waals surface area (Å²) in [5.74, 6) is 1.98. The topological polar surface area (TPSA) is 114 Å². The van der Waals surface area contributed by atoms with Crippen molar-refractivity contribution < 1.29 is 19.0 Å². The fraction of sp³-hybridized carbons (Fsp3) is 0.467. The van der Waals surface area contributed by atoms with Crippen molar-refractivity contribution in [3.63, 3.8) is 0 Å². The number of halogens is 2. The van der Waals surface area contributed by atoms with Gasteiger partial charge in [0.25, 0.3) is 0 Å². The molecule has 0 bridgehead atoms. The van der Waals surface area contributed by atoms with Crippen molar-refractivity contribution in [3.05, 3.63) is 41.0 Å². The van der Waals surface area contributed by atoms with E-state index in [1.807, 2.05) is 6.07 Å². The van der Waals surface area contributed by atoms with Gasteiger partial charge in [0.1, 0.15) is 17.0 Å². The molecule has 230 valence electrons. The van der Waals surface area contributed by atoms with Crippen LogP contribution in [0.3, 0.4) is 0 Å². The molecule has 0 unspecified atom stereocenters. The van der Waals surface area contributed by atoms with Crippen LogP contribution in [0.5, 0.6) is 11.5 Å². The number of carbonyl (C=O) groups is 1. The number of fused-ring (bicyclic) bond motifs is 1. The normalized spacial score (nSPS) is 19.0. The van der Waals surface area contributed by atoms with Gasteiger partial charge in [0.15, 0.2) is 11.6 Å². The van der Waals surface area contributed by atoms with Gasteiger partial charge < -0.3 is 29.7 Å². The molecule has 1 aromatic carbocycles. The first kappa shape index (κ1) is 31.2. The number of allylic oxidation sites excluding steroid dienone is 1. The van der Waals surface area contributed by atoms with E-state index in [9.17, 15) is 4.79 Å². The number of rotatable bonds is 13. The average molecular weight is 631 g/mol. The average Bonchev–Trinajstić information content (AvgIpc) is 3.34. The molecular formula is C30H37Cl2N7O4. The van der Waals surface area contributed by atoms with Crippen LogP contribution >= 0.6 is 23.2 Å². The van der Waals surface area contributed by atoms with Gasteiger partial charge in [0.05, 0.1) is 49.2 Å². The van der Waals surface area contributed by atoms with E-state index in [1.165, 1.54) is 20.3 Å². The standard InChI is InChI=1S/C30H37Cl2N7O4/c1-6-20(40)9-18-13-39(8-7-38(2)3)14-22(18)36-30-33-12-17-10-21(35-29(28(17)37-30)34-19-15-43-16-19)25-26(31)23(41-4)11-24(42-5)27(25)32/h6,10-12,18-19,22H,1,7-9,13-16H2,2-5H3,(H,34,35)(H,33,36,37)/t18-,22+/m0/s1. The van der Waals surface area contributed by atoms with E-state index in [0.29, 0.717) is 69.7 Å². The highest BCUT2D eigenvalue weighted by Gasteiger charge is 2.34. The Bertz CT molecular complexity index is 1470. The van der Waals surface area contributed by atoms with Crippen molar-refractivity contribution in [1.29, 1.82) is 0 Å². The summed E-state index contributed by atoms with van der Waals surface area (Å²) in [4.78, 5) is 31.3. The molecule has 11 nitrogen and oxygen atoms in total. The maximum atomic E-state index is 12.3. The number of pyridine rings is 1. The van der Waals surface area contributed by atoms with Crippen LogP contribution in [-0.2, 0) is 9.53 Å². The van der Waals surface area contributed by atoms with Crippen LogP contribution in [0.15, 0.2) is 31.0 Å². The number of ketones is 1. The Kier molecular flexibility index (Phi) is 9.88. The number of carbonyl (C=O) groups excluding carboxylic acids is 1. The van der Waals surface area contributed by atoms with E-state index in [0.717, 1.165) is 31.6 Å². The monoisotopic (exact) mass is 629 g/mol. The predicted molar refractivity (Wildman–Crippen MR) is 170 cm³/mol. The lowest BCUT2D eigenvalue weighted by atomic mass is 9.97. The maximum absolute atomic E-state index is 12.3. The largest absolute Gasteiger partial charge is 0.495 e. The summed E-state index contributed by atoms with van der Waals surface area (Å²) in [5.41, 5.74) is 1.63. The SMILES string of the molecule is C=CC(=O)C[C@H]1CN(CCN(C)C)C[C@H]1Nc1ncc2cc(-c3c(Cl)c(OC)cc(OC)c3Cl)nc(NC3COC3)c2n1. The van der Waals surface area contributed by atoms with Crippen LogP contribution < -0.4 is 20.1 Å². The Balaban J connectivity index is 1.51. The first-order valence-corrected chi connectivity index (χ1v) is 14.9. The third-order valence-corrected chi connectivity index (χ3v) is 8.51. The van der Waals surface area contributed by atoms with Gasteiger partial charge in [-0.2, -0.15) is 0 Å². The number of likely N-dealkylation sites (N-methyl/N-ethyl adjacent to an activating group) is 1. The number of hydrogen-bond acceptors (Lipinski definition) is 11. The highest BCUT2D eigenvalue weighted by molar-refractivity contribution is 6.41. The van der Waals surface area contributed by atoms with E-state index < -0.39 is 0 Å². The molecule has 0 spiro atoms. The Morgan fingerprint density at radius 3 is 2.47 bits per heavy atom. The van der Waals surface area contributed by atoms with E-state index in [1.54, 1.807) is 12.3 Å². The molecule has 2 N–H and O–H groups in total. The van der Waals surface area contributed by atoms with Gasteiger partial charge in [0, 0.05) is 67.8 Å². The van der Waals surface area contributed by atoms with Crippen LogP contribution in [0.1, 0.15) is 6.42 Å². The maximum Gasteiger partial charge on any atom is 0.223 e. The first-order valence-electron chi connectivity index (χ1n) is 14.1. The highest BCUT2D eigenvalue weighted by atomic mass is 35.5. The van der Waals surface area contributed by atoms with Gasteiger partial charge in [0.2, 0.25) is 5.95 Å². The van der Waals surface area contributed by atoms with Crippen LogP contribution in [0, 0.1) is 5.92 Å². The number of aromatic nitrogens is 3. The number of methoxy groups -OCH3 is 2. The molecule has 4 heterocycles. The lowest BCUT2D eigenvalue weighted by molar-refractivity contribution is -0.115. The summed E-state index contributed by atoms with van der Waals surface area (Å²) in [7, 11) is 7.17. The number of ether oxygens (including phenoxy) is 3. The second-order valence-electron chi connectivity index (χ2n) is 11.1. The van der Waals surface area contributed by atoms with Crippen LogP contribution in [0.2, 0.25) is 10.0 Å². The summed E-state index contributed by atoms with van der Waals surface area (Å²) >= 11 is 13.5. The molecule has 0 amide bonds. The Morgan fingerprint density at radius 2 is 1.86 bits per heavy atom. The van der Waals surface area contributed by atoms with Gasteiger partial charge in [-0.05, 0) is 26.2 Å². The Hall–Kier alpha value is -3.22. The zero-order valence-corrected chi connectivity index (χ0v) is 26.3. The summed E-state index contributed by atoms with van der Waals surface area (Å²) in [6.07, 6.45) is 3.56. The van der Waals surface area contributed by atoms with Gasteiger partial charge >= 0.3 is 0 Å². The van der Waals surface area contributed by atoms with Gasteiger partial charge in [-0.15, -0.1) is 0 Å². The molecule has 2 aliphatic heterocycles. The number of likely N-dealkylation sites (tertiary alicyclic amines) is 1. The molecule has 13 heteroatoms. The fourth-order valence-electron chi connectivity index (χ4n) is 5.32. The van der Waals surface area contributed by atoms with Crippen LogP contribution in [0.4, 0.5) is 11.8 Å². The third-order valence-electron chi connectivity index (χ3n) is 7.76. The van der Waals surface area contributed by atoms with E-state index in [4.69, 9.17) is 47.4 Å². The molecule has 3 aromatic rings. The van der Waals surface area contributed by atoms with Crippen molar-refractivity contribution in [3.8, 4) is 22.8 Å². The predicted octanol–water partition coefficient (Wildman–Crippen LogP) is 4.25. The minimum atomic E-state index is -0.00551. The van der Waals surface area contributed by atoms with Gasteiger partial charge in [-0.25, -0.2) is 15.0 Å². The second kappa shape index (κ2) is 13.6. The molecule has 0 aliphatic carbocycles. The molecular weight excluding hydrogens is 593 g/mol. The smallest absolute Gasteiger partial charge is 0.223 e. The number of hydrogen-bond donors (Lipinski definition) is 2. The van der Waals surface area contributed by atoms with Gasteiger partial charge in [-0.1, -0.05) is 29.8 Å². The number of nitrogens with one attached hydrogen (secondary N) is 2. The molecule has 2 aromatic heterocycles. The number of nitrogens with zero attached hydrogens (tertiary/aromatic N) is 5. The second-order valence-corrected chi connectivity index (χ2v) is 11.9. The highest BCUT2D eigenvalue weighted by Crippen LogP contribution is 2.46. The van der Waals surface area contributed by atoms with Crippen molar-refractivity contribution in [1.82, 2.24) is 24.8 Å². The lowest BCUT2D eigenvalue weighted by Gasteiger charge is -2.28. The quantitative estimate of drug-likeness (QED) is 0.265. The molecule has 2 atom stereocenters. The van der Waals surface area contributed by atoms with E-state index in [2.05, 4.69) is 46.1 Å². The lowest BCUT2D eigenvalue weighted by Crippen LogP contribution is -2.40. The van der Waals surface area contributed by atoms with Crippen molar-refractivity contribution in [2.75, 3.05) is 78.3 Å². The van der Waals surface area contributed by atoms with Gasteiger partial charge in [-0.3, -0.25) is 9.69 Å². The summed E-state index contributed by atoms with van der Waals surface area (Å²) < 4.78 is 16.3. The molecule has 2 fully saturated rings. The zero-order chi connectivity index (χ0) is 30.7. The van der Waals surface area contributed by atoms with Crippen molar-refractivity contribution in [2.24, 2.45) is 5.92 Å².